The van der Waals surface area contributed by atoms with Gasteiger partial charge in [-0.05, 0) is 54.8 Å². The molecule has 0 bridgehead atoms. The zero-order chi connectivity index (χ0) is 20.5. The zero-order valence-electron chi connectivity index (χ0n) is 16.2. The van der Waals surface area contributed by atoms with Crippen molar-refractivity contribution in [3.63, 3.8) is 0 Å². The number of carbonyl (C=O) groups is 1. The van der Waals surface area contributed by atoms with Gasteiger partial charge in [-0.15, -0.1) is 11.3 Å². The highest BCUT2D eigenvalue weighted by atomic mass is 32.1. The number of nitrogens with one attached hydrogen (secondary N) is 1. The van der Waals surface area contributed by atoms with Crippen molar-refractivity contribution in [3.05, 3.63) is 88.6 Å². The number of pyridine rings is 1. The highest BCUT2D eigenvalue weighted by Crippen LogP contribution is 2.22. The first-order chi connectivity index (χ1) is 14.7. The van der Waals surface area contributed by atoms with Crippen molar-refractivity contribution >= 4 is 34.0 Å². The average molecular weight is 414 g/mol. The van der Waals surface area contributed by atoms with Gasteiger partial charge in [0.25, 0.3) is 5.91 Å². The van der Waals surface area contributed by atoms with Crippen molar-refractivity contribution in [2.45, 2.75) is 13.5 Å². The minimum atomic E-state index is -0.187. The number of hydrogen-bond acceptors (Lipinski definition) is 5. The fourth-order valence-corrected chi connectivity index (χ4v) is 4.03. The molecule has 5 rings (SSSR count). The van der Waals surface area contributed by atoms with E-state index in [4.69, 9.17) is 0 Å². The zero-order valence-corrected chi connectivity index (χ0v) is 17.0. The number of fused-ring (bicyclic) bond motifs is 1. The lowest BCUT2D eigenvalue weighted by Gasteiger charge is -2.09. The molecular formula is C22H18N6OS. The molecule has 0 saturated heterocycles. The van der Waals surface area contributed by atoms with Crippen LogP contribution >= 0.6 is 11.3 Å². The van der Waals surface area contributed by atoms with Crippen LogP contribution in [-0.2, 0) is 6.54 Å². The van der Waals surface area contributed by atoms with Gasteiger partial charge >= 0.3 is 0 Å². The van der Waals surface area contributed by atoms with E-state index in [0.29, 0.717) is 23.4 Å². The Bertz CT molecular complexity index is 1300. The number of aryl methyl sites for hydroxylation is 1. The first kappa shape index (κ1) is 18.3. The third kappa shape index (κ3) is 3.48. The van der Waals surface area contributed by atoms with Gasteiger partial charge in [0.05, 0.1) is 29.4 Å². The van der Waals surface area contributed by atoms with E-state index in [1.54, 1.807) is 34.5 Å². The van der Waals surface area contributed by atoms with Crippen LogP contribution in [0.1, 0.15) is 20.9 Å². The topological polar surface area (TPSA) is 77.6 Å². The third-order valence-corrected chi connectivity index (χ3v) is 5.62. The number of amides is 1. The van der Waals surface area contributed by atoms with E-state index in [9.17, 15) is 4.79 Å². The van der Waals surface area contributed by atoms with Gasteiger partial charge in [-0.3, -0.25) is 4.79 Å². The van der Waals surface area contributed by atoms with Crippen LogP contribution in [-0.4, -0.2) is 30.5 Å². The molecule has 0 unspecified atom stereocenters. The molecule has 0 aliphatic heterocycles. The minimum Gasteiger partial charge on any atom is -0.322 e. The second-order valence-corrected chi connectivity index (χ2v) is 7.91. The first-order valence-corrected chi connectivity index (χ1v) is 10.3. The van der Waals surface area contributed by atoms with E-state index >= 15 is 0 Å². The molecule has 1 amide bonds. The van der Waals surface area contributed by atoms with Crippen LogP contribution in [0.25, 0.3) is 16.7 Å². The second kappa shape index (κ2) is 7.57. The van der Waals surface area contributed by atoms with Crippen LogP contribution in [0.4, 0.5) is 5.69 Å². The maximum atomic E-state index is 13.0. The minimum absolute atomic E-state index is 0.187. The summed E-state index contributed by atoms with van der Waals surface area (Å²) >= 11 is 1.67. The molecule has 4 aromatic heterocycles. The van der Waals surface area contributed by atoms with Crippen molar-refractivity contribution in [2.24, 2.45) is 0 Å². The molecule has 0 atom stereocenters. The molecule has 148 valence electrons. The van der Waals surface area contributed by atoms with Crippen LogP contribution in [0.3, 0.4) is 0 Å². The summed E-state index contributed by atoms with van der Waals surface area (Å²) in [5.74, 6) is -0.187. The number of anilines is 1. The molecule has 0 radical (unpaired) electrons. The lowest BCUT2D eigenvalue weighted by molar-refractivity contribution is 0.102. The molecule has 5 aromatic rings. The normalized spacial score (nSPS) is 11.1. The lowest BCUT2D eigenvalue weighted by Crippen LogP contribution is -2.13. The van der Waals surface area contributed by atoms with Crippen molar-refractivity contribution in [2.75, 3.05) is 5.32 Å². The van der Waals surface area contributed by atoms with Gasteiger partial charge in [0, 0.05) is 28.7 Å². The van der Waals surface area contributed by atoms with Crippen LogP contribution < -0.4 is 5.32 Å². The number of hydrogen-bond donors (Lipinski definition) is 1. The fourth-order valence-electron chi connectivity index (χ4n) is 3.34. The molecule has 8 heteroatoms. The molecule has 4 heterocycles. The van der Waals surface area contributed by atoms with E-state index in [1.165, 1.54) is 4.88 Å². The van der Waals surface area contributed by atoms with Gasteiger partial charge < -0.3 is 5.32 Å². The lowest BCUT2D eigenvalue weighted by atomic mass is 10.1. The average Bonchev–Trinajstić information content (AvgIpc) is 3.51. The van der Waals surface area contributed by atoms with Crippen molar-refractivity contribution < 1.29 is 4.79 Å². The van der Waals surface area contributed by atoms with Gasteiger partial charge in [-0.2, -0.15) is 10.2 Å². The summed E-state index contributed by atoms with van der Waals surface area (Å²) in [6.45, 7) is 2.52. The van der Waals surface area contributed by atoms with Gasteiger partial charge in [0.1, 0.15) is 0 Å². The Morgan fingerprint density at radius 1 is 1.13 bits per heavy atom. The Kier molecular flexibility index (Phi) is 4.61. The molecule has 0 fully saturated rings. The Hall–Kier alpha value is -3.78. The standard InChI is InChI=1S/C22H18N6OS/c1-15-12-19(20-13-24-28(21(20)25-15)14-18-4-2-11-30-18)22(29)26-16-5-7-17(8-6-16)27-10-3-9-23-27/h2-13H,14H2,1H3,(H,26,29). The predicted molar refractivity (Wildman–Crippen MR) is 117 cm³/mol. The summed E-state index contributed by atoms with van der Waals surface area (Å²) in [7, 11) is 0. The Balaban J connectivity index is 1.42. The Morgan fingerprint density at radius 2 is 2.00 bits per heavy atom. The van der Waals surface area contributed by atoms with Gasteiger partial charge in [-0.1, -0.05) is 6.07 Å². The molecule has 0 aliphatic rings. The van der Waals surface area contributed by atoms with Crippen LogP contribution in [0.2, 0.25) is 0 Å². The summed E-state index contributed by atoms with van der Waals surface area (Å²) in [6, 6.07) is 15.3. The molecule has 0 saturated carbocycles. The Morgan fingerprint density at radius 3 is 2.73 bits per heavy atom. The smallest absolute Gasteiger partial charge is 0.256 e. The van der Waals surface area contributed by atoms with Gasteiger partial charge in [0.15, 0.2) is 5.65 Å². The number of thiophene rings is 1. The summed E-state index contributed by atoms with van der Waals surface area (Å²) in [6.07, 6.45) is 5.31. The highest BCUT2D eigenvalue weighted by molar-refractivity contribution is 7.09. The highest BCUT2D eigenvalue weighted by Gasteiger charge is 2.16. The summed E-state index contributed by atoms with van der Waals surface area (Å²) in [5.41, 5.74) is 3.68. The number of nitrogens with zero attached hydrogens (tertiary/aromatic N) is 5. The SMILES string of the molecule is Cc1cc(C(=O)Nc2ccc(-n3cccn3)cc2)c2cnn(Cc3cccs3)c2n1. The third-order valence-electron chi connectivity index (χ3n) is 4.76. The van der Waals surface area contributed by atoms with E-state index < -0.39 is 0 Å². The van der Waals surface area contributed by atoms with E-state index in [2.05, 4.69) is 26.6 Å². The summed E-state index contributed by atoms with van der Waals surface area (Å²) in [4.78, 5) is 18.8. The van der Waals surface area contributed by atoms with Crippen molar-refractivity contribution in [3.8, 4) is 5.69 Å². The quantitative estimate of drug-likeness (QED) is 0.465. The molecule has 30 heavy (non-hydrogen) atoms. The van der Waals surface area contributed by atoms with Gasteiger partial charge in [0.2, 0.25) is 0 Å². The van der Waals surface area contributed by atoms with Crippen molar-refractivity contribution in [1.29, 1.82) is 0 Å². The molecule has 1 aromatic carbocycles. The molecule has 0 aliphatic carbocycles. The fraction of sp³-hybridized carbons (Fsp3) is 0.0909. The summed E-state index contributed by atoms with van der Waals surface area (Å²) in [5, 5.41) is 14.4. The number of rotatable bonds is 5. The Labute approximate surface area is 176 Å². The van der Waals surface area contributed by atoms with Crippen molar-refractivity contribution in [1.82, 2.24) is 24.5 Å². The predicted octanol–water partition coefficient (Wildman–Crippen LogP) is 4.29. The molecule has 0 spiro atoms. The number of aromatic nitrogens is 5. The van der Waals surface area contributed by atoms with Crippen LogP contribution in [0.15, 0.2) is 72.5 Å². The largest absolute Gasteiger partial charge is 0.322 e. The van der Waals surface area contributed by atoms with E-state index in [1.807, 2.05) is 59.6 Å². The monoisotopic (exact) mass is 414 g/mol. The maximum Gasteiger partial charge on any atom is 0.256 e. The van der Waals surface area contributed by atoms with E-state index in [-0.39, 0.29) is 5.91 Å². The summed E-state index contributed by atoms with van der Waals surface area (Å²) < 4.78 is 3.60. The maximum absolute atomic E-state index is 13.0. The van der Waals surface area contributed by atoms with E-state index in [0.717, 1.165) is 16.8 Å². The second-order valence-electron chi connectivity index (χ2n) is 6.88. The van der Waals surface area contributed by atoms with Gasteiger partial charge in [-0.25, -0.2) is 14.3 Å². The molecule has 7 nitrogen and oxygen atoms in total. The molecular weight excluding hydrogens is 396 g/mol. The first-order valence-electron chi connectivity index (χ1n) is 9.44. The number of benzene rings is 1. The van der Waals surface area contributed by atoms with Crippen LogP contribution in [0.5, 0.6) is 0 Å². The number of carbonyl (C=O) groups excluding carboxylic acids is 1. The van der Waals surface area contributed by atoms with Crippen LogP contribution in [0, 0.1) is 6.92 Å². The molecule has 1 N–H and O–H groups in total.